The number of unbranched alkanes of at least 4 members (excludes halogenated alkanes) is 3. The second-order valence-corrected chi connectivity index (χ2v) is 8.69. The monoisotopic (exact) mass is 350 g/mol. The van der Waals surface area contributed by atoms with E-state index in [2.05, 4.69) is 17.6 Å². The number of anilines is 2. The van der Waals surface area contributed by atoms with Crippen LogP contribution in [0.15, 0.2) is 24.3 Å². The highest BCUT2D eigenvalue weighted by Gasteiger charge is 2.39. The molecule has 0 atom stereocenters. The highest BCUT2D eigenvalue weighted by molar-refractivity contribution is 8.00. The van der Waals surface area contributed by atoms with Crippen molar-refractivity contribution < 1.29 is 9.53 Å². The average Bonchev–Trinajstić information content (AvgIpc) is 2.82. The molecule has 1 aromatic rings. The number of hydrogen-bond acceptors (Lipinski definition) is 5. The van der Waals surface area contributed by atoms with E-state index < -0.39 is 10.6 Å². The summed E-state index contributed by atoms with van der Waals surface area (Å²) < 4.78 is 5.54. The van der Waals surface area contributed by atoms with Crippen LogP contribution in [0.3, 0.4) is 0 Å². The van der Waals surface area contributed by atoms with E-state index >= 15 is 0 Å². The summed E-state index contributed by atoms with van der Waals surface area (Å²) in [6.45, 7) is 7.92. The normalized spacial score (nSPS) is 15.3. The van der Waals surface area contributed by atoms with Crippen molar-refractivity contribution in [3.63, 3.8) is 0 Å². The summed E-state index contributed by atoms with van der Waals surface area (Å²) in [6.07, 6.45) is 5.18. The second kappa shape index (κ2) is 8.15. The van der Waals surface area contributed by atoms with E-state index in [-0.39, 0.29) is 12.4 Å². The van der Waals surface area contributed by atoms with E-state index in [1.165, 1.54) is 19.3 Å². The van der Waals surface area contributed by atoms with Gasteiger partial charge in [0.05, 0.1) is 17.8 Å². The van der Waals surface area contributed by atoms with E-state index in [4.69, 9.17) is 4.74 Å². The van der Waals surface area contributed by atoms with Crippen LogP contribution in [0.25, 0.3) is 0 Å². The summed E-state index contributed by atoms with van der Waals surface area (Å²) in [7, 11) is 0. The smallest absolute Gasteiger partial charge is 0.311 e. The van der Waals surface area contributed by atoms with Crippen LogP contribution in [0.2, 0.25) is 0 Å². The molecule has 1 aliphatic heterocycles. The third kappa shape index (κ3) is 5.62. The molecule has 1 aromatic carbocycles. The molecule has 0 saturated heterocycles. The van der Waals surface area contributed by atoms with Gasteiger partial charge >= 0.3 is 5.97 Å². The molecule has 0 unspecified atom stereocenters. The molecule has 0 amide bonds. The Hall–Kier alpha value is -1.36. The van der Waals surface area contributed by atoms with Gasteiger partial charge in [0.15, 0.2) is 4.99 Å². The third-order valence-corrected chi connectivity index (χ3v) is 5.09. The van der Waals surface area contributed by atoms with E-state index in [1.807, 2.05) is 45.0 Å². The highest BCUT2D eigenvalue weighted by Crippen LogP contribution is 2.42. The van der Waals surface area contributed by atoms with Crippen molar-refractivity contribution in [3.8, 4) is 0 Å². The van der Waals surface area contributed by atoms with Crippen LogP contribution in [-0.2, 0) is 9.53 Å². The van der Waals surface area contributed by atoms with Crippen LogP contribution >= 0.6 is 11.8 Å². The number of esters is 1. The van der Waals surface area contributed by atoms with Gasteiger partial charge in [-0.2, -0.15) is 0 Å². The first-order valence-electron chi connectivity index (χ1n) is 8.85. The molecule has 5 heteroatoms. The minimum absolute atomic E-state index is 0.184. The SMILES string of the molecule is CCCCCCSC1(CC(=O)OC(C)(C)C)Nc2ccccc2N1. The van der Waals surface area contributed by atoms with Crippen molar-refractivity contribution in [1.29, 1.82) is 0 Å². The van der Waals surface area contributed by atoms with Gasteiger partial charge < -0.3 is 15.4 Å². The van der Waals surface area contributed by atoms with Crippen molar-refractivity contribution in [2.75, 3.05) is 16.4 Å². The zero-order chi connectivity index (χ0) is 17.6. The Labute approximate surface area is 150 Å². The molecular weight excluding hydrogens is 320 g/mol. The van der Waals surface area contributed by atoms with Crippen molar-refractivity contribution in [3.05, 3.63) is 24.3 Å². The zero-order valence-electron chi connectivity index (χ0n) is 15.3. The Morgan fingerprint density at radius 3 is 2.29 bits per heavy atom. The van der Waals surface area contributed by atoms with Crippen molar-refractivity contribution in [2.24, 2.45) is 0 Å². The van der Waals surface area contributed by atoms with Crippen LogP contribution in [0.1, 0.15) is 59.8 Å². The maximum atomic E-state index is 12.4. The molecule has 0 fully saturated rings. The number of fused-ring (bicyclic) bond motifs is 1. The third-order valence-electron chi connectivity index (χ3n) is 3.76. The lowest BCUT2D eigenvalue weighted by Crippen LogP contribution is -2.42. The minimum Gasteiger partial charge on any atom is -0.460 e. The lowest BCUT2D eigenvalue weighted by molar-refractivity contribution is -0.155. The molecule has 2 rings (SSSR count). The Balaban J connectivity index is 2.01. The maximum absolute atomic E-state index is 12.4. The largest absolute Gasteiger partial charge is 0.460 e. The lowest BCUT2D eigenvalue weighted by atomic mass is 10.2. The van der Waals surface area contributed by atoms with E-state index in [1.54, 1.807) is 11.8 Å². The number of benzene rings is 1. The lowest BCUT2D eigenvalue weighted by Gasteiger charge is -2.31. The Bertz CT molecular complexity index is 530. The number of ether oxygens (including phenoxy) is 1. The van der Waals surface area contributed by atoms with E-state index in [0.29, 0.717) is 0 Å². The molecule has 134 valence electrons. The standard InChI is InChI=1S/C19H30N2O2S/c1-5-6-7-10-13-24-19(14-17(22)23-18(2,3)4)20-15-11-8-9-12-16(15)21-19/h8-9,11-12,20-21H,5-7,10,13-14H2,1-4H3. The summed E-state index contributed by atoms with van der Waals surface area (Å²) in [5, 5.41) is 7.01. The summed E-state index contributed by atoms with van der Waals surface area (Å²) in [5.41, 5.74) is 1.62. The number of carbonyl (C=O) groups is 1. The van der Waals surface area contributed by atoms with Gasteiger partial charge in [0.2, 0.25) is 0 Å². The van der Waals surface area contributed by atoms with Gasteiger partial charge in [-0.05, 0) is 45.1 Å². The number of carbonyl (C=O) groups excluding carboxylic acids is 1. The molecule has 2 N–H and O–H groups in total. The molecule has 4 nitrogen and oxygen atoms in total. The summed E-state index contributed by atoms with van der Waals surface area (Å²) >= 11 is 1.77. The Morgan fingerprint density at radius 2 is 1.75 bits per heavy atom. The van der Waals surface area contributed by atoms with Crippen LogP contribution in [0.4, 0.5) is 11.4 Å². The first-order valence-corrected chi connectivity index (χ1v) is 9.83. The van der Waals surface area contributed by atoms with E-state index in [9.17, 15) is 4.79 Å². The minimum atomic E-state index is -0.516. The molecule has 0 aromatic heterocycles. The van der Waals surface area contributed by atoms with E-state index in [0.717, 1.165) is 23.5 Å². The molecule has 0 aliphatic carbocycles. The number of nitrogens with one attached hydrogen (secondary N) is 2. The van der Waals surface area contributed by atoms with Gasteiger partial charge in [0.25, 0.3) is 0 Å². The average molecular weight is 351 g/mol. The molecule has 0 radical (unpaired) electrons. The van der Waals surface area contributed by atoms with Crippen LogP contribution in [-0.4, -0.2) is 22.3 Å². The van der Waals surface area contributed by atoms with Crippen LogP contribution in [0.5, 0.6) is 0 Å². The molecule has 0 bridgehead atoms. The summed E-state index contributed by atoms with van der Waals surface area (Å²) in [5.74, 6) is 0.827. The van der Waals surface area contributed by atoms with Crippen molar-refractivity contribution >= 4 is 29.1 Å². The predicted molar refractivity (Wildman–Crippen MR) is 103 cm³/mol. The molecule has 1 aliphatic rings. The highest BCUT2D eigenvalue weighted by atomic mass is 32.2. The first-order chi connectivity index (χ1) is 11.3. The van der Waals surface area contributed by atoms with Gasteiger partial charge in [0, 0.05) is 0 Å². The fourth-order valence-corrected chi connectivity index (χ4v) is 4.02. The van der Waals surface area contributed by atoms with Gasteiger partial charge in [-0.3, -0.25) is 4.79 Å². The molecule has 1 heterocycles. The Kier molecular flexibility index (Phi) is 6.44. The number of thioether (sulfide) groups is 1. The predicted octanol–water partition coefficient (Wildman–Crippen LogP) is 5.22. The van der Waals surface area contributed by atoms with Crippen LogP contribution in [0, 0.1) is 0 Å². The van der Waals surface area contributed by atoms with Crippen molar-refractivity contribution in [1.82, 2.24) is 0 Å². The fourth-order valence-electron chi connectivity index (χ4n) is 2.74. The second-order valence-electron chi connectivity index (χ2n) is 7.29. The van der Waals surface area contributed by atoms with Gasteiger partial charge in [-0.25, -0.2) is 0 Å². The molecular formula is C19H30N2O2S. The van der Waals surface area contributed by atoms with Gasteiger partial charge in [-0.1, -0.05) is 38.3 Å². The molecule has 24 heavy (non-hydrogen) atoms. The fraction of sp³-hybridized carbons (Fsp3) is 0.632. The van der Waals surface area contributed by atoms with Crippen molar-refractivity contribution in [2.45, 2.75) is 70.4 Å². The van der Waals surface area contributed by atoms with Gasteiger partial charge in [-0.15, -0.1) is 11.8 Å². The summed E-state index contributed by atoms with van der Waals surface area (Å²) in [4.78, 5) is 11.9. The zero-order valence-corrected chi connectivity index (χ0v) is 16.1. The Morgan fingerprint density at radius 1 is 1.12 bits per heavy atom. The van der Waals surface area contributed by atoms with Crippen LogP contribution < -0.4 is 10.6 Å². The molecule has 0 saturated carbocycles. The maximum Gasteiger partial charge on any atom is 0.311 e. The first kappa shape index (κ1) is 19.0. The number of rotatable bonds is 8. The topological polar surface area (TPSA) is 50.4 Å². The quantitative estimate of drug-likeness (QED) is 0.497. The molecule has 0 spiro atoms. The van der Waals surface area contributed by atoms with Gasteiger partial charge in [0.1, 0.15) is 5.60 Å². The summed E-state index contributed by atoms with van der Waals surface area (Å²) in [6, 6.07) is 8.08. The number of hydrogen-bond donors (Lipinski definition) is 2. The number of para-hydroxylation sites is 2.